The fourth-order valence-corrected chi connectivity index (χ4v) is 0.910. The lowest BCUT2D eigenvalue weighted by Crippen LogP contribution is -2.24. The quantitative estimate of drug-likeness (QED) is 0.397. The van der Waals surface area contributed by atoms with E-state index < -0.39 is 18.0 Å². The van der Waals surface area contributed by atoms with Crippen molar-refractivity contribution in [2.75, 3.05) is 40.1 Å². The second-order valence-electron chi connectivity index (χ2n) is 3.17. The predicted molar refractivity (Wildman–Crippen MR) is 58.3 cm³/mol. The molecule has 1 atom stereocenters. The van der Waals surface area contributed by atoms with Gasteiger partial charge in [0.05, 0.1) is 33.5 Å². The maximum Gasteiger partial charge on any atom is 0.334 e. The SMILES string of the molecule is COC(=O)[C@H](C)OCCOCCOCC(N)=O. The molecule has 0 saturated heterocycles. The zero-order valence-electron chi connectivity index (χ0n) is 10.1. The van der Waals surface area contributed by atoms with Crippen LogP contribution in [0.5, 0.6) is 0 Å². The van der Waals surface area contributed by atoms with Gasteiger partial charge in [-0.1, -0.05) is 0 Å². The van der Waals surface area contributed by atoms with Gasteiger partial charge in [-0.05, 0) is 6.92 Å². The lowest BCUT2D eigenvalue weighted by atomic mass is 10.4. The fourth-order valence-electron chi connectivity index (χ4n) is 0.910. The van der Waals surface area contributed by atoms with Crippen molar-refractivity contribution in [1.29, 1.82) is 0 Å². The number of nitrogens with two attached hydrogens (primary N) is 1. The van der Waals surface area contributed by atoms with Crippen LogP contribution in [0, 0.1) is 0 Å². The number of carbonyl (C=O) groups is 2. The minimum absolute atomic E-state index is 0.112. The Hall–Kier alpha value is -1.18. The van der Waals surface area contributed by atoms with Crippen molar-refractivity contribution in [2.24, 2.45) is 5.73 Å². The molecule has 0 fully saturated rings. The van der Waals surface area contributed by atoms with Crippen LogP contribution in [0.3, 0.4) is 0 Å². The molecule has 7 nitrogen and oxygen atoms in total. The first kappa shape index (κ1) is 15.8. The minimum Gasteiger partial charge on any atom is -0.467 e. The Morgan fingerprint density at radius 2 is 1.71 bits per heavy atom. The maximum atomic E-state index is 10.9. The lowest BCUT2D eigenvalue weighted by Gasteiger charge is -2.10. The first-order valence-corrected chi connectivity index (χ1v) is 5.21. The standard InChI is InChI=1S/C10H19NO6/c1-8(10(13)14-2)17-6-5-15-3-4-16-7-9(11)12/h8H,3-7H2,1-2H3,(H2,11,12)/t8-/m0/s1. The average Bonchev–Trinajstić information content (AvgIpc) is 2.30. The summed E-state index contributed by atoms with van der Waals surface area (Å²) in [7, 11) is 1.30. The Bertz CT molecular complexity index is 233. The van der Waals surface area contributed by atoms with E-state index in [2.05, 4.69) is 4.74 Å². The highest BCUT2D eigenvalue weighted by Gasteiger charge is 2.12. The Kier molecular flexibility index (Phi) is 9.31. The molecular weight excluding hydrogens is 230 g/mol. The number of carbonyl (C=O) groups excluding carboxylic acids is 2. The molecule has 0 aromatic heterocycles. The molecule has 0 heterocycles. The third-order valence-electron chi connectivity index (χ3n) is 1.74. The van der Waals surface area contributed by atoms with Crippen molar-refractivity contribution in [1.82, 2.24) is 0 Å². The monoisotopic (exact) mass is 249 g/mol. The summed E-state index contributed by atoms with van der Waals surface area (Å²) in [6.45, 7) is 2.73. The summed E-state index contributed by atoms with van der Waals surface area (Å²) < 4.78 is 19.6. The van der Waals surface area contributed by atoms with Crippen molar-refractivity contribution in [2.45, 2.75) is 13.0 Å². The van der Waals surface area contributed by atoms with Gasteiger partial charge < -0.3 is 24.7 Å². The molecule has 0 aromatic rings. The Balaban J connectivity index is 3.23. The zero-order chi connectivity index (χ0) is 13.1. The number of rotatable bonds is 10. The summed E-state index contributed by atoms with van der Waals surface area (Å²) in [5.41, 5.74) is 4.86. The Morgan fingerprint density at radius 1 is 1.12 bits per heavy atom. The summed E-state index contributed by atoms with van der Waals surface area (Å²) in [5, 5.41) is 0. The second-order valence-corrected chi connectivity index (χ2v) is 3.17. The van der Waals surface area contributed by atoms with E-state index in [1.165, 1.54) is 7.11 Å². The van der Waals surface area contributed by atoms with Gasteiger partial charge >= 0.3 is 5.97 Å². The average molecular weight is 249 g/mol. The molecule has 0 radical (unpaired) electrons. The van der Waals surface area contributed by atoms with Crippen molar-refractivity contribution in [3.63, 3.8) is 0 Å². The molecule has 0 aliphatic rings. The van der Waals surface area contributed by atoms with E-state index in [-0.39, 0.29) is 19.8 Å². The molecule has 7 heteroatoms. The van der Waals surface area contributed by atoms with Crippen molar-refractivity contribution < 1.29 is 28.5 Å². The number of hydrogen-bond acceptors (Lipinski definition) is 6. The highest BCUT2D eigenvalue weighted by molar-refractivity contribution is 5.75. The van der Waals surface area contributed by atoms with Gasteiger partial charge in [-0.15, -0.1) is 0 Å². The van der Waals surface area contributed by atoms with Crippen LogP contribution in [0.15, 0.2) is 0 Å². The van der Waals surface area contributed by atoms with Gasteiger partial charge in [0.15, 0.2) is 6.10 Å². The molecule has 0 unspecified atom stereocenters. The molecule has 0 bridgehead atoms. The molecule has 0 saturated carbocycles. The van der Waals surface area contributed by atoms with Crippen LogP contribution in [-0.4, -0.2) is 58.1 Å². The largest absolute Gasteiger partial charge is 0.467 e. The molecular formula is C10H19NO6. The normalized spacial score (nSPS) is 12.1. The van der Waals surface area contributed by atoms with Crippen LogP contribution in [0.4, 0.5) is 0 Å². The van der Waals surface area contributed by atoms with E-state index in [4.69, 9.17) is 19.9 Å². The smallest absolute Gasteiger partial charge is 0.334 e. The predicted octanol–water partition coefficient (Wildman–Crippen LogP) is -0.917. The Labute approximate surface area is 100 Å². The van der Waals surface area contributed by atoms with Crippen LogP contribution >= 0.6 is 0 Å². The fraction of sp³-hybridized carbons (Fsp3) is 0.800. The second kappa shape index (κ2) is 10.0. The molecule has 0 rings (SSSR count). The number of primary amides is 1. The minimum atomic E-state index is -0.602. The third kappa shape index (κ3) is 9.73. The van der Waals surface area contributed by atoms with Crippen LogP contribution in [0.25, 0.3) is 0 Å². The van der Waals surface area contributed by atoms with E-state index in [0.717, 1.165) is 0 Å². The summed E-state index contributed by atoms with van der Waals surface area (Å²) in [6, 6.07) is 0. The summed E-state index contributed by atoms with van der Waals surface area (Å²) in [6.07, 6.45) is -0.602. The summed E-state index contributed by atoms with van der Waals surface area (Å²) in [4.78, 5) is 21.2. The van der Waals surface area contributed by atoms with Crippen LogP contribution < -0.4 is 5.73 Å². The van der Waals surface area contributed by atoms with Gasteiger partial charge in [-0.2, -0.15) is 0 Å². The van der Waals surface area contributed by atoms with E-state index in [1.807, 2.05) is 0 Å². The summed E-state index contributed by atoms with van der Waals surface area (Å²) in [5.74, 6) is -0.935. The van der Waals surface area contributed by atoms with Gasteiger partial charge in [-0.3, -0.25) is 4.79 Å². The topological polar surface area (TPSA) is 97.1 Å². The molecule has 1 amide bonds. The number of amides is 1. The van der Waals surface area contributed by atoms with E-state index in [9.17, 15) is 9.59 Å². The molecule has 0 aliphatic heterocycles. The highest BCUT2D eigenvalue weighted by Crippen LogP contribution is 1.93. The lowest BCUT2D eigenvalue weighted by molar-refractivity contribution is -0.153. The molecule has 2 N–H and O–H groups in total. The zero-order valence-corrected chi connectivity index (χ0v) is 10.1. The molecule has 0 aliphatic carbocycles. The molecule has 17 heavy (non-hydrogen) atoms. The number of ether oxygens (including phenoxy) is 4. The molecule has 100 valence electrons. The van der Waals surface area contributed by atoms with Gasteiger partial charge in [0.1, 0.15) is 6.61 Å². The third-order valence-corrected chi connectivity index (χ3v) is 1.74. The van der Waals surface area contributed by atoms with Crippen molar-refractivity contribution in [3.05, 3.63) is 0 Å². The first-order chi connectivity index (χ1) is 8.07. The number of hydrogen-bond donors (Lipinski definition) is 1. The van der Waals surface area contributed by atoms with Crippen LogP contribution in [-0.2, 0) is 28.5 Å². The molecule has 0 aromatic carbocycles. The number of esters is 1. The van der Waals surface area contributed by atoms with Gasteiger partial charge in [0.25, 0.3) is 0 Å². The van der Waals surface area contributed by atoms with E-state index in [0.29, 0.717) is 13.2 Å². The molecule has 0 spiro atoms. The van der Waals surface area contributed by atoms with Crippen molar-refractivity contribution >= 4 is 11.9 Å². The van der Waals surface area contributed by atoms with Crippen LogP contribution in [0.1, 0.15) is 6.92 Å². The maximum absolute atomic E-state index is 10.9. The summed E-state index contributed by atoms with van der Waals surface area (Å²) >= 11 is 0. The van der Waals surface area contributed by atoms with Crippen LogP contribution in [0.2, 0.25) is 0 Å². The van der Waals surface area contributed by atoms with Gasteiger partial charge in [0, 0.05) is 0 Å². The van der Waals surface area contributed by atoms with Gasteiger partial charge in [-0.25, -0.2) is 4.79 Å². The van der Waals surface area contributed by atoms with Crippen molar-refractivity contribution in [3.8, 4) is 0 Å². The first-order valence-electron chi connectivity index (χ1n) is 5.21. The van der Waals surface area contributed by atoms with E-state index >= 15 is 0 Å². The number of methoxy groups -OCH3 is 1. The highest BCUT2D eigenvalue weighted by atomic mass is 16.6. The van der Waals surface area contributed by atoms with E-state index in [1.54, 1.807) is 6.92 Å². The Morgan fingerprint density at radius 3 is 2.29 bits per heavy atom. The van der Waals surface area contributed by atoms with Gasteiger partial charge in [0.2, 0.25) is 5.91 Å².